The third-order valence-corrected chi connectivity index (χ3v) is 6.48. The van der Waals surface area contributed by atoms with Gasteiger partial charge in [-0.3, -0.25) is 9.59 Å². The predicted molar refractivity (Wildman–Crippen MR) is 146 cm³/mol. The van der Waals surface area contributed by atoms with Crippen LogP contribution < -0.4 is 9.47 Å². The second-order valence-electron chi connectivity index (χ2n) is 9.33. The molecule has 3 rings (SSSR count). The fourth-order valence-corrected chi connectivity index (χ4v) is 4.54. The van der Waals surface area contributed by atoms with E-state index in [9.17, 15) is 14.7 Å². The lowest BCUT2D eigenvalue weighted by Gasteiger charge is -2.28. The van der Waals surface area contributed by atoms with Crippen LogP contribution in [0.4, 0.5) is 0 Å². The molecule has 7 heteroatoms. The molecular formula is C30H38N2O5. The number of amides is 1. The number of carbonyl (C=O) groups excluding carboxylic acids is 2. The van der Waals surface area contributed by atoms with Crippen molar-refractivity contribution in [2.45, 2.75) is 46.8 Å². The van der Waals surface area contributed by atoms with Gasteiger partial charge >= 0.3 is 0 Å². The average Bonchev–Trinajstić information content (AvgIpc) is 3.12. The summed E-state index contributed by atoms with van der Waals surface area (Å²) in [5, 5.41) is 11.4. The first-order chi connectivity index (χ1) is 17.7. The topological polar surface area (TPSA) is 79.3 Å². The highest BCUT2D eigenvalue weighted by molar-refractivity contribution is 6.46. The number of nitrogens with zero attached hydrogens (tertiary/aromatic N) is 2. The van der Waals surface area contributed by atoms with Gasteiger partial charge in [-0.25, -0.2) is 0 Å². The molecule has 1 atom stereocenters. The minimum atomic E-state index is -0.713. The van der Waals surface area contributed by atoms with Crippen LogP contribution >= 0.6 is 0 Å². The minimum Gasteiger partial charge on any atom is -0.507 e. The van der Waals surface area contributed by atoms with Crippen LogP contribution in [-0.4, -0.2) is 65.5 Å². The van der Waals surface area contributed by atoms with Crippen molar-refractivity contribution < 1.29 is 24.2 Å². The van der Waals surface area contributed by atoms with E-state index in [1.165, 1.54) is 0 Å². The summed E-state index contributed by atoms with van der Waals surface area (Å²) in [7, 11) is 0. The van der Waals surface area contributed by atoms with Crippen LogP contribution in [0.2, 0.25) is 0 Å². The van der Waals surface area contributed by atoms with Crippen molar-refractivity contribution >= 4 is 17.4 Å². The van der Waals surface area contributed by atoms with Crippen molar-refractivity contribution in [3.63, 3.8) is 0 Å². The Kier molecular flexibility index (Phi) is 9.53. The number of carbonyl (C=O) groups is 2. The number of Topliss-reactive ketones (excluding diaryl/α,β-unsaturated/α-hetero) is 1. The van der Waals surface area contributed by atoms with Gasteiger partial charge in [0.05, 0.1) is 17.7 Å². The Labute approximate surface area is 220 Å². The Hall–Kier alpha value is -3.58. The van der Waals surface area contributed by atoms with Gasteiger partial charge in [0.1, 0.15) is 23.9 Å². The largest absolute Gasteiger partial charge is 0.507 e. The number of benzene rings is 2. The Bertz CT molecular complexity index is 1150. The molecule has 7 nitrogen and oxygen atoms in total. The monoisotopic (exact) mass is 506 g/mol. The van der Waals surface area contributed by atoms with E-state index in [1.54, 1.807) is 35.2 Å². The van der Waals surface area contributed by atoms with E-state index in [2.05, 4.69) is 25.3 Å². The van der Waals surface area contributed by atoms with E-state index in [4.69, 9.17) is 9.47 Å². The third kappa shape index (κ3) is 6.41. The first-order valence-corrected chi connectivity index (χ1v) is 12.8. The fourth-order valence-electron chi connectivity index (χ4n) is 4.54. The minimum absolute atomic E-state index is 0.00779. The molecule has 0 saturated carbocycles. The number of rotatable bonds is 12. The molecule has 1 unspecified atom stereocenters. The van der Waals surface area contributed by atoms with Crippen LogP contribution in [0.5, 0.6) is 11.5 Å². The van der Waals surface area contributed by atoms with Crippen LogP contribution in [-0.2, 0) is 9.59 Å². The zero-order chi connectivity index (χ0) is 27.1. The highest BCUT2D eigenvalue weighted by atomic mass is 16.5. The number of ketones is 1. The number of likely N-dealkylation sites (N-methyl/N-ethyl adjacent to an activating group) is 1. The molecule has 37 heavy (non-hydrogen) atoms. The summed E-state index contributed by atoms with van der Waals surface area (Å²) in [6.45, 7) is 16.6. The van der Waals surface area contributed by atoms with Crippen molar-refractivity contribution in [2.24, 2.45) is 0 Å². The molecule has 2 aromatic carbocycles. The molecule has 2 aromatic rings. The number of aliphatic hydroxyl groups is 1. The summed E-state index contributed by atoms with van der Waals surface area (Å²) in [4.78, 5) is 30.4. The Morgan fingerprint density at radius 3 is 2.32 bits per heavy atom. The van der Waals surface area contributed by atoms with Crippen LogP contribution in [0.1, 0.15) is 50.4 Å². The maximum absolute atomic E-state index is 13.3. The maximum atomic E-state index is 13.3. The maximum Gasteiger partial charge on any atom is 0.295 e. The first-order valence-electron chi connectivity index (χ1n) is 12.8. The average molecular weight is 507 g/mol. The number of aryl methyl sites for hydroxylation is 1. The summed E-state index contributed by atoms with van der Waals surface area (Å²) >= 11 is 0. The SMILES string of the molecule is C=CCOc1ccc(C2C(=C(O)c3ccc(OC(C)C)cc3C)C(=O)C(=O)N2CCN(CC)CC)cc1. The molecule has 1 aliphatic heterocycles. The number of hydrogen-bond acceptors (Lipinski definition) is 6. The highest BCUT2D eigenvalue weighted by Crippen LogP contribution is 2.40. The third-order valence-electron chi connectivity index (χ3n) is 6.48. The molecule has 0 aliphatic carbocycles. The molecular weight excluding hydrogens is 468 g/mol. The number of likely N-dealkylation sites (tertiary alicyclic amines) is 1. The lowest BCUT2D eigenvalue weighted by Crippen LogP contribution is -2.38. The molecule has 0 bridgehead atoms. The van der Waals surface area contributed by atoms with Gasteiger partial charge in [-0.2, -0.15) is 0 Å². The van der Waals surface area contributed by atoms with E-state index in [-0.39, 0.29) is 17.4 Å². The second kappa shape index (κ2) is 12.6. The molecule has 0 spiro atoms. The summed E-state index contributed by atoms with van der Waals surface area (Å²) in [6, 6.07) is 11.9. The number of aliphatic hydroxyl groups excluding tert-OH is 1. The van der Waals surface area contributed by atoms with Crippen molar-refractivity contribution in [1.29, 1.82) is 0 Å². The second-order valence-corrected chi connectivity index (χ2v) is 9.33. The summed E-state index contributed by atoms with van der Waals surface area (Å²) < 4.78 is 11.4. The molecule has 198 valence electrons. The number of hydrogen-bond donors (Lipinski definition) is 1. The van der Waals surface area contributed by atoms with E-state index in [0.29, 0.717) is 36.8 Å². The molecule has 1 aliphatic rings. The molecule has 1 fully saturated rings. The lowest BCUT2D eigenvalue weighted by molar-refractivity contribution is -0.140. The standard InChI is InChI=1S/C30H38N2O5/c1-7-18-36-23-12-10-22(11-13-23)27-26(29(34)30(35)32(27)17-16-31(8-2)9-3)28(33)25-15-14-24(19-21(25)6)37-20(4)5/h7,10-15,19-20,27,33H,1,8-9,16-18H2,2-6H3. The smallest absolute Gasteiger partial charge is 0.295 e. The molecule has 1 amide bonds. The van der Waals surface area contributed by atoms with Crippen LogP contribution in [0.25, 0.3) is 5.76 Å². The number of ether oxygens (including phenoxy) is 2. The van der Waals surface area contributed by atoms with Gasteiger partial charge in [0.25, 0.3) is 11.7 Å². The van der Waals surface area contributed by atoms with Crippen LogP contribution in [0.15, 0.2) is 60.7 Å². The Balaban J connectivity index is 2.08. The van der Waals surface area contributed by atoms with Gasteiger partial charge in [-0.15, -0.1) is 0 Å². The summed E-state index contributed by atoms with van der Waals surface area (Å²) in [5.74, 6) is -0.149. The van der Waals surface area contributed by atoms with Gasteiger partial charge in [-0.05, 0) is 75.3 Å². The molecule has 0 radical (unpaired) electrons. The molecule has 0 aromatic heterocycles. The molecule has 1 heterocycles. The van der Waals surface area contributed by atoms with E-state index in [1.807, 2.05) is 39.0 Å². The van der Waals surface area contributed by atoms with Gasteiger partial charge < -0.3 is 24.4 Å². The normalized spacial score (nSPS) is 17.1. The Morgan fingerprint density at radius 1 is 1.11 bits per heavy atom. The van der Waals surface area contributed by atoms with Crippen LogP contribution in [0, 0.1) is 6.92 Å². The highest BCUT2D eigenvalue weighted by Gasteiger charge is 2.46. The van der Waals surface area contributed by atoms with E-state index < -0.39 is 17.7 Å². The zero-order valence-corrected chi connectivity index (χ0v) is 22.5. The van der Waals surface area contributed by atoms with Gasteiger partial charge in [0, 0.05) is 18.7 Å². The fraction of sp³-hybridized carbons (Fsp3) is 0.400. The quantitative estimate of drug-likeness (QED) is 0.187. The van der Waals surface area contributed by atoms with Crippen molar-refractivity contribution in [3.05, 3.63) is 77.4 Å². The van der Waals surface area contributed by atoms with Crippen molar-refractivity contribution in [2.75, 3.05) is 32.8 Å². The van der Waals surface area contributed by atoms with E-state index in [0.717, 1.165) is 24.2 Å². The first kappa shape index (κ1) is 28.0. The van der Waals surface area contributed by atoms with Crippen molar-refractivity contribution in [1.82, 2.24) is 9.80 Å². The summed E-state index contributed by atoms with van der Waals surface area (Å²) in [5.41, 5.74) is 2.05. The van der Waals surface area contributed by atoms with Gasteiger partial charge in [0.2, 0.25) is 0 Å². The van der Waals surface area contributed by atoms with Gasteiger partial charge in [0.15, 0.2) is 0 Å². The Morgan fingerprint density at radius 2 is 1.76 bits per heavy atom. The molecule has 1 saturated heterocycles. The lowest BCUT2D eigenvalue weighted by atomic mass is 9.94. The van der Waals surface area contributed by atoms with Crippen molar-refractivity contribution in [3.8, 4) is 11.5 Å². The molecule has 1 N–H and O–H groups in total. The van der Waals surface area contributed by atoms with E-state index >= 15 is 0 Å². The summed E-state index contributed by atoms with van der Waals surface area (Å²) in [6.07, 6.45) is 1.67. The van der Waals surface area contributed by atoms with Gasteiger partial charge in [-0.1, -0.05) is 38.6 Å². The zero-order valence-electron chi connectivity index (χ0n) is 22.5. The van der Waals surface area contributed by atoms with Crippen LogP contribution in [0.3, 0.4) is 0 Å². The predicted octanol–water partition coefficient (Wildman–Crippen LogP) is 5.11.